The quantitative estimate of drug-likeness (QED) is 0.310. The van der Waals surface area contributed by atoms with E-state index < -0.39 is 5.91 Å². The summed E-state index contributed by atoms with van der Waals surface area (Å²) in [6, 6.07) is 5.46. The molecule has 3 aliphatic rings. The van der Waals surface area contributed by atoms with Crippen molar-refractivity contribution in [3.8, 4) is 0 Å². The van der Waals surface area contributed by atoms with Crippen molar-refractivity contribution in [1.82, 2.24) is 4.90 Å². The minimum atomic E-state index is -0.584. The second-order valence-corrected chi connectivity index (χ2v) is 14.8. The summed E-state index contributed by atoms with van der Waals surface area (Å²) in [5, 5.41) is 3.06. The van der Waals surface area contributed by atoms with Crippen LogP contribution in [0.5, 0.6) is 0 Å². The Hall–Kier alpha value is -2.37. The molecule has 6 nitrogen and oxygen atoms in total. The molecule has 0 unspecified atom stereocenters. The summed E-state index contributed by atoms with van der Waals surface area (Å²) in [4.78, 5) is 42.3. The van der Waals surface area contributed by atoms with Crippen molar-refractivity contribution in [3.05, 3.63) is 29.3 Å². The first-order valence-corrected chi connectivity index (χ1v) is 17.0. The van der Waals surface area contributed by atoms with Gasteiger partial charge < -0.3 is 16.0 Å². The maximum Gasteiger partial charge on any atom is 0.254 e. The molecule has 6 heteroatoms. The molecule has 1 aromatic rings. The van der Waals surface area contributed by atoms with Gasteiger partial charge in [-0.05, 0) is 131 Å². The van der Waals surface area contributed by atoms with Gasteiger partial charge in [0.2, 0.25) is 11.8 Å². The van der Waals surface area contributed by atoms with Gasteiger partial charge in [-0.1, -0.05) is 41.5 Å². The van der Waals surface area contributed by atoms with Crippen LogP contribution in [0.2, 0.25) is 0 Å². The van der Waals surface area contributed by atoms with Gasteiger partial charge in [0.25, 0.3) is 5.91 Å². The fraction of sp³-hybridized carbons (Fsp3) is 0.750. The number of nitrogens with two attached hydrogens (primary N) is 1. The molecular weight excluding hydrogens is 522 g/mol. The Morgan fingerprint density at radius 2 is 1.05 bits per heavy atom. The van der Waals surface area contributed by atoms with E-state index in [1.807, 2.05) is 0 Å². The Kier molecular flexibility index (Phi) is 11.2. The van der Waals surface area contributed by atoms with Crippen LogP contribution in [0.4, 0.5) is 5.69 Å². The number of benzene rings is 1. The number of carbonyl (C=O) groups is 3. The van der Waals surface area contributed by atoms with E-state index in [1.165, 1.54) is 0 Å². The van der Waals surface area contributed by atoms with Gasteiger partial charge in [0.05, 0.1) is 0 Å². The first-order valence-electron chi connectivity index (χ1n) is 17.0. The zero-order chi connectivity index (χ0) is 30.6. The van der Waals surface area contributed by atoms with Crippen LogP contribution in [0.1, 0.15) is 139 Å². The monoisotopic (exact) mass is 579 g/mol. The highest BCUT2D eigenvalue weighted by Gasteiger charge is 2.37. The lowest BCUT2D eigenvalue weighted by molar-refractivity contribution is -0.121. The smallest absolute Gasteiger partial charge is 0.254 e. The first-order chi connectivity index (χ1) is 19.9. The van der Waals surface area contributed by atoms with E-state index in [2.05, 4.69) is 51.8 Å². The molecule has 42 heavy (non-hydrogen) atoms. The van der Waals surface area contributed by atoms with Gasteiger partial charge in [-0.15, -0.1) is 0 Å². The van der Waals surface area contributed by atoms with Crippen molar-refractivity contribution in [3.63, 3.8) is 0 Å². The van der Waals surface area contributed by atoms with Crippen LogP contribution in [0.3, 0.4) is 0 Å². The largest absolute Gasteiger partial charge is 0.366 e. The number of carbonyl (C=O) groups excluding carboxylic acids is 3. The standard InChI is InChI=1S/C36H57N3O3/c1-22(2)25-7-9-28(10-8-25)35(41)38-31-20-29(34(37)40)19-30(21-31)36(42)39(32-15-11-26(12-16-32)23(3)4)33-17-13-27(14-18-33)24(5)6/h19-28,32-33H,7-18H2,1-6H3,(H2,37,40)(H,38,41)/t25?,26-,27-,28?,32+,33+. The third-order valence-electron chi connectivity index (χ3n) is 11.2. The molecular formula is C36H57N3O3. The molecule has 0 saturated heterocycles. The fourth-order valence-electron chi connectivity index (χ4n) is 8.13. The minimum Gasteiger partial charge on any atom is -0.366 e. The van der Waals surface area contributed by atoms with Crippen LogP contribution >= 0.6 is 0 Å². The molecule has 0 aliphatic heterocycles. The molecule has 4 rings (SSSR count). The molecule has 0 aromatic heterocycles. The predicted octanol–water partition coefficient (Wildman–Crippen LogP) is 8.06. The number of hydrogen-bond donors (Lipinski definition) is 2. The molecule has 0 spiro atoms. The molecule has 3 saturated carbocycles. The highest BCUT2D eigenvalue weighted by Crippen LogP contribution is 2.39. The van der Waals surface area contributed by atoms with E-state index in [9.17, 15) is 14.4 Å². The van der Waals surface area contributed by atoms with E-state index in [0.717, 1.165) is 77.0 Å². The Morgan fingerprint density at radius 3 is 1.45 bits per heavy atom. The zero-order valence-electron chi connectivity index (χ0n) is 27.2. The van der Waals surface area contributed by atoms with Crippen molar-refractivity contribution in [2.75, 3.05) is 5.32 Å². The van der Waals surface area contributed by atoms with Gasteiger partial charge >= 0.3 is 0 Å². The summed E-state index contributed by atoms with van der Waals surface area (Å²) in [6.07, 6.45) is 12.6. The van der Waals surface area contributed by atoms with E-state index in [4.69, 9.17) is 5.73 Å². The lowest BCUT2D eigenvalue weighted by Gasteiger charge is -2.45. The third kappa shape index (κ3) is 7.96. The summed E-state index contributed by atoms with van der Waals surface area (Å²) in [5.41, 5.74) is 6.97. The topological polar surface area (TPSA) is 92.5 Å². The van der Waals surface area contributed by atoms with Crippen LogP contribution in [0.15, 0.2) is 18.2 Å². The van der Waals surface area contributed by atoms with Crippen LogP contribution in [0, 0.1) is 41.4 Å². The Morgan fingerprint density at radius 1 is 0.643 bits per heavy atom. The molecule has 234 valence electrons. The SMILES string of the molecule is CC(C)C1CCC(C(=O)Nc2cc(C(N)=O)cc(C(=O)N([C@H]3CC[C@@H](C(C)C)CC3)[C@H]3CC[C@@H](C(C)C)CC3)c2)CC1. The first kappa shape index (κ1) is 32.5. The van der Waals surface area contributed by atoms with Crippen LogP contribution in [0.25, 0.3) is 0 Å². The Labute approximate surface area is 254 Å². The number of hydrogen-bond acceptors (Lipinski definition) is 3. The van der Waals surface area contributed by atoms with Crippen molar-refractivity contribution < 1.29 is 14.4 Å². The van der Waals surface area contributed by atoms with E-state index >= 15 is 0 Å². The summed E-state index contributed by atoms with van der Waals surface area (Å²) >= 11 is 0. The fourth-order valence-corrected chi connectivity index (χ4v) is 8.13. The molecule has 1 aromatic carbocycles. The molecule has 0 bridgehead atoms. The third-order valence-corrected chi connectivity index (χ3v) is 11.2. The molecule has 3 amide bonds. The molecule has 3 N–H and O–H groups in total. The number of rotatable bonds is 9. The second kappa shape index (κ2) is 14.4. The average Bonchev–Trinajstić information content (AvgIpc) is 2.97. The molecule has 3 fully saturated rings. The number of primary amides is 1. The molecule has 0 atom stereocenters. The number of nitrogens with zero attached hydrogens (tertiary/aromatic N) is 1. The van der Waals surface area contributed by atoms with E-state index in [-0.39, 0.29) is 35.4 Å². The summed E-state index contributed by atoms with van der Waals surface area (Å²) in [6.45, 7) is 13.7. The molecule has 3 aliphatic carbocycles. The Balaban J connectivity index is 1.56. The Bertz CT molecular complexity index is 1040. The van der Waals surface area contributed by atoms with Gasteiger partial charge in [-0.3, -0.25) is 14.4 Å². The van der Waals surface area contributed by atoms with Crippen molar-refractivity contribution in [1.29, 1.82) is 0 Å². The zero-order valence-corrected chi connectivity index (χ0v) is 27.2. The summed E-state index contributed by atoms with van der Waals surface area (Å²) < 4.78 is 0. The molecule has 0 heterocycles. The van der Waals surface area contributed by atoms with Gasteiger partial charge in [0.1, 0.15) is 0 Å². The lowest BCUT2D eigenvalue weighted by atomic mass is 9.76. The molecule has 0 radical (unpaired) electrons. The number of nitrogens with one attached hydrogen (secondary N) is 1. The maximum absolute atomic E-state index is 14.4. The van der Waals surface area contributed by atoms with Crippen LogP contribution in [-0.2, 0) is 4.79 Å². The number of anilines is 1. The van der Waals surface area contributed by atoms with Gasteiger partial charge in [0.15, 0.2) is 0 Å². The predicted molar refractivity (Wildman–Crippen MR) is 171 cm³/mol. The van der Waals surface area contributed by atoms with Gasteiger partial charge in [-0.2, -0.15) is 0 Å². The number of amides is 3. The highest BCUT2D eigenvalue weighted by molar-refractivity contribution is 6.02. The lowest BCUT2D eigenvalue weighted by Crippen LogP contribution is -2.50. The van der Waals surface area contributed by atoms with Crippen molar-refractivity contribution in [2.45, 2.75) is 131 Å². The highest BCUT2D eigenvalue weighted by atomic mass is 16.2. The van der Waals surface area contributed by atoms with Crippen LogP contribution in [-0.4, -0.2) is 34.7 Å². The van der Waals surface area contributed by atoms with Crippen molar-refractivity contribution in [2.24, 2.45) is 47.2 Å². The van der Waals surface area contributed by atoms with E-state index in [1.54, 1.807) is 18.2 Å². The average molecular weight is 580 g/mol. The van der Waals surface area contributed by atoms with Crippen molar-refractivity contribution >= 4 is 23.4 Å². The normalized spacial score (nSPS) is 28.6. The van der Waals surface area contributed by atoms with Gasteiger partial charge in [-0.25, -0.2) is 0 Å². The second-order valence-electron chi connectivity index (χ2n) is 14.8. The minimum absolute atomic E-state index is 0.0203. The van der Waals surface area contributed by atoms with E-state index in [0.29, 0.717) is 46.8 Å². The van der Waals surface area contributed by atoms with Crippen LogP contribution < -0.4 is 11.1 Å². The maximum atomic E-state index is 14.4. The van der Waals surface area contributed by atoms with Gasteiger partial charge in [0, 0.05) is 34.8 Å². The summed E-state index contributed by atoms with van der Waals surface area (Å²) in [5.74, 6) is 3.40. The summed E-state index contributed by atoms with van der Waals surface area (Å²) in [7, 11) is 0.